The summed E-state index contributed by atoms with van der Waals surface area (Å²) in [5.74, 6) is 1.68. The molecular weight excluding hydrogens is 414 g/mol. The van der Waals surface area contributed by atoms with E-state index in [1.165, 1.54) is 11.2 Å². The molecule has 3 aromatic carbocycles. The van der Waals surface area contributed by atoms with Gasteiger partial charge in [-0.3, -0.25) is 0 Å². The minimum Gasteiger partial charge on any atom is -0.493 e. The van der Waals surface area contributed by atoms with Gasteiger partial charge in [-0.25, -0.2) is 14.8 Å². The highest BCUT2D eigenvalue weighted by Gasteiger charge is 2.08. The van der Waals surface area contributed by atoms with Crippen molar-refractivity contribution in [2.45, 2.75) is 4.90 Å². The second-order valence-corrected chi connectivity index (χ2v) is 7.18. The number of nitrogen functional groups attached to an aromatic ring is 1. The van der Waals surface area contributed by atoms with Crippen molar-refractivity contribution in [1.29, 1.82) is 0 Å². The van der Waals surface area contributed by atoms with Gasteiger partial charge in [0.05, 0.1) is 25.4 Å². The maximum absolute atomic E-state index is 10.9. The van der Waals surface area contributed by atoms with E-state index in [0.29, 0.717) is 17.3 Å². The zero-order valence-electron chi connectivity index (χ0n) is 17.4. The first-order chi connectivity index (χ1) is 15.0. The molecule has 0 bridgehead atoms. The number of nitrogens with one attached hydrogen (secondary N) is 1. The number of carbonyl (C=O) groups is 1. The van der Waals surface area contributed by atoms with E-state index in [0.717, 1.165) is 27.4 Å². The van der Waals surface area contributed by atoms with Gasteiger partial charge in [-0.2, -0.15) is 0 Å². The van der Waals surface area contributed by atoms with Crippen LogP contribution >= 0.6 is 11.8 Å². The van der Waals surface area contributed by atoms with Crippen LogP contribution in [0.1, 0.15) is 0 Å². The fourth-order valence-electron chi connectivity index (χ4n) is 3.10. The fourth-order valence-corrected chi connectivity index (χ4v) is 3.72. The number of methoxy groups -OCH3 is 2. The highest BCUT2D eigenvalue weighted by molar-refractivity contribution is 7.98. The van der Waals surface area contributed by atoms with Gasteiger partial charge in [-0.15, -0.1) is 11.8 Å². The number of aromatic nitrogens is 2. The summed E-state index contributed by atoms with van der Waals surface area (Å²) in [6, 6.07) is 14.8. The normalized spacial score (nSPS) is 10.3. The Hall–Kier alpha value is -3.72. The Balaban J connectivity index is 0.000000176. The van der Waals surface area contributed by atoms with Crippen molar-refractivity contribution in [3.05, 3.63) is 54.9 Å². The molecule has 0 saturated heterocycles. The monoisotopic (exact) mass is 437 g/mol. The van der Waals surface area contributed by atoms with Crippen LogP contribution in [0.4, 0.5) is 16.3 Å². The molecule has 0 radical (unpaired) electrons. The molecule has 0 atom stereocenters. The number of carbonyl (C=O) groups excluding carboxylic acids is 1. The third kappa shape index (κ3) is 4.89. The Kier molecular flexibility index (Phi) is 6.99. The van der Waals surface area contributed by atoms with Crippen molar-refractivity contribution < 1.29 is 14.3 Å². The number of rotatable bonds is 4. The van der Waals surface area contributed by atoms with Gasteiger partial charge in [0.15, 0.2) is 11.5 Å². The number of urea groups is 1. The number of ether oxygens (including phenoxy) is 2. The first-order valence-electron chi connectivity index (χ1n) is 9.22. The van der Waals surface area contributed by atoms with Crippen molar-refractivity contribution in [3.8, 4) is 11.5 Å². The molecule has 0 aliphatic carbocycles. The van der Waals surface area contributed by atoms with Gasteiger partial charge in [0, 0.05) is 21.7 Å². The Morgan fingerprint density at radius 1 is 0.968 bits per heavy atom. The lowest BCUT2D eigenvalue weighted by molar-refractivity contribution is 0.259. The summed E-state index contributed by atoms with van der Waals surface area (Å²) in [5.41, 5.74) is 12.3. The molecular formula is C22H23N5O3S. The van der Waals surface area contributed by atoms with Crippen LogP contribution in [0.2, 0.25) is 0 Å². The van der Waals surface area contributed by atoms with E-state index >= 15 is 0 Å². The zero-order valence-corrected chi connectivity index (χ0v) is 18.2. The first-order valence-corrected chi connectivity index (χ1v) is 10.4. The van der Waals surface area contributed by atoms with Crippen LogP contribution in [0.5, 0.6) is 11.5 Å². The lowest BCUT2D eigenvalue weighted by atomic mass is 10.1. The number of anilines is 2. The van der Waals surface area contributed by atoms with Crippen LogP contribution in [0.15, 0.2) is 59.8 Å². The number of hydrogen-bond donors (Lipinski definition) is 3. The lowest BCUT2D eigenvalue weighted by Crippen LogP contribution is -2.19. The smallest absolute Gasteiger partial charge is 0.316 e. The molecule has 0 fully saturated rings. The molecule has 0 unspecified atom stereocenters. The third-order valence-corrected chi connectivity index (χ3v) is 5.33. The van der Waals surface area contributed by atoms with Gasteiger partial charge >= 0.3 is 6.03 Å². The predicted octanol–water partition coefficient (Wildman–Crippen LogP) is 4.28. The van der Waals surface area contributed by atoms with Crippen molar-refractivity contribution >= 4 is 51.0 Å². The van der Waals surface area contributed by atoms with Crippen LogP contribution in [-0.4, -0.2) is 36.5 Å². The Morgan fingerprint density at radius 3 is 2.32 bits per heavy atom. The van der Waals surface area contributed by atoms with E-state index in [9.17, 15) is 4.79 Å². The van der Waals surface area contributed by atoms with Gasteiger partial charge in [0.25, 0.3) is 0 Å². The molecule has 9 heteroatoms. The van der Waals surface area contributed by atoms with Gasteiger partial charge in [-0.05, 0) is 29.8 Å². The maximum Gasteiger partial charge on any atom is 0.316 e. The van der Waals surface area contributed by atoms with Gasteiger partial charge < -0.3 is 26.3 Å². The van der Waals surface area contributed by atoms with Crippen LogP contribution in [0, 0.1) is 0 Å². The van der Waals surface area contributed by atoms with E-state index in [-0.39, 0.29) is 0 Å². The fraction of sp³-hybridized carbons (Fsp3) is 0.136. The predicted molar refractivity (Wildman–Crippen MR) is 126 cm³/mol. The highest BCUT2D eigenvalue weighted by atomic mass is 32.2. The number of amides is 2. The summed E-state index contributed by atoms with van der Waals surface area (Å²) in [5, 5.41) is 5.52. The van der Waals surface area contributed by atoms with E-state index in [1.54, 1.807) is 38.1 Å². The summed E-state index contributed by atoms with van der Waals surface area (Å²) < 4.78 is 10.3. The van der Waals surface area contributed by atoms with Gasteiger partial charge in [-0.1, -0.05) is 24.3 Å². The van der Waals surface area contributed by atoms with Crippen molar-refractivity contribution in [2.75, 3.05) is 31.5 Å². The number of nitrogens with two attached hydrogens (primary N) is 2. The highest BCUT2D eigenvalue weighted by Crippen LogP contribution is 2.33. The molecule has 0 aliphatic heterocycles. The average molecular weight is 438 g/mol. The summed E-state index contributed by atoms with van der Waals surface area (Å²) in [6.45, 7) is 0. The number of hydrogen-bond acceptors (Lipinski definition) is 7. The summed E-state index contributed by atoms with van der Waals surface area (Å²) in [6.07, 6.45) is 3.45. The molecule has 0 spiro atoms. The van der Waals surface area contributed by atoms with Gasteiger partial charge in [0.2, 0.25) is 0 Å². The van der Waals surface area contributed by atoms with E-state index < -0.39 is 6.03 Å². The van der Waals surface area contributed by atoms with Crippen molar-refractivity contribution in [1.82, 2.24) is 9.97 Å². The second-order valence-electron chi connectivity index (χ2n) is 6.33. The number of benzene rings is 3. The molecule has 31 heavy (non-hydrogen) atoms. The standard InChI is InChI=1S/C12H12N2OS.C10H11N3O2/c1-16-11-7-3-4-8-9(11)5-2-6-10(8)14-12(13)15;1-14-8-3-6-7(4-9(8)15-2)12-5-13-10(6)11/h2-7H,1H3,(H3,13,14,15);3-5H,1-2H3,(H2,11,12,13). The number of thioether (sulfide) groups is 1. The summed E-state index contributed by atoms with van der Waals surface area (Å²) >= 11 is 1.68. The zero-order chi connectivity index (χ0) is 22.4. The van der Waals surface area contributed by atoms with Crippen LogP contribution in [-0.2, 0) is 0 Å². The van der Waals surface area contributed by atoms with E-state index in [4.69, 9.17) is 20.9 Å². The van der Waals surface area contributed by atoms with Gasteiger partial charge in [0.1, 0.15) is 12.1 Å². The molecule has 8 nitrogen and oxygen atoms in total. The number of primary amides is 1. The van der Waals surface area contributed by atoms with Crippen molar-refractivity contribution in [3.63, 3.8) is 0 Å². The first kappa shape index (κ1) is 22.0. The molecule has 1 aromatic heterocycles. The molecule has 0 aliphatic rings. The minimum atomic E-state index is -0.540. The molecule has 5 N–H and O–H groups in total. The maximum atomic E-state index is 10.9. The molecule has 1 heterocycles. The SMILES string of the molecule is COc1cc2ncnc(N)c2cc1OC.CSc1cccc2c(NC(N)=O)cccc12. The van der Waals surface area contributed by atoms with Crippen LogP contribution in [0.25, 0.3) is 21.7 Å². The van der Waals surface area contributed by atoms with Crippen molar-refractivity contribution in [2.24, 2.45) is 5.73 Å². The van der Waals surface area contributed by atoms with E-state index in [2.05, 4.69) is 21.4 Å². The molecule has 4 rings (SSSR count). The molecule has 160 valence electrons. The quantitative estimate of drug-likeness (QED) is 0.407. The minimum absolute atomic E-state index is 0.431. The summed E-state index contributed by atoms with van der Waals surface area (Å²) in [4.78, 5) is 20.1. The average Bonchev–Trinajstić information content (AvgIpc) is 2.78. The third-order valence-electron chi connectivity index (χ3n) is 4.53. The largest absolute Gasteiger partial charge is 0.493 e. The van der Waals surface area contributed by atoms with E-state index in [1.807, 2.05) is 36.6 Å². The Morgan fingerprint density at radius 2 is 1.65 bits per heavy atom. The Bertz CT molecular complexity index is 1230. The Labute approximate surface area is 183 Å². The number of fused-ring (bicyclic) bond motifs is 2. The molecule has 0 saturated carbocycles. The molecule has 4 aromatic rings. The van der Waals surface area contributed by atoms with Crippen LogP contribution < -0.4 is 26.3 Å². The topological polar surface area (TPSA) is 125 Å². The molecule has 2 amide bonds. The van der Waals surface area contributed by atoms with Crippen LogP contribution in [0.3, 0.4) is 0 Å². The number of nitrogens with zero attached hydrogens (tertiary/aromatic N) is 2. The summed E-state index contributed by atoms with van der Waals surface area (Å²) in [7, 11) is 3.15. The lowest BCUT2D eigenvalue weighted by Gasteiger charge is -2.08. The second kappa shape index (κ2) is 9.86.